The second kappa shape index (κ2) is 12.5. The maximum atomic E-state index is 13.5. The first-order valence-electron chi connectivity index (χ1n) is 13.0. The number of hydrogen-bond donors (Lipinski definition) is 1. The number of carbonyl (C=O) groups is 1. The topological polar surface area (TPSA) is 111 Å². The fraction of sp³-hybridized carbons (Fsp3) is 0.379. The lowest BCUT2D eigenvalue weighted by Crippen LogP contribution is -2.43. The molecule has 39 heavy (non-hydrogen) atoms. The fourth-order valence-electron chi connectivity index (χ4n) is 4.57. The molecule has 1 saturated heterocycles. The lowest BCUT2D eigenvalue weighted by Gasteiger charge is -2.30. The van der Waals surface area contributed by atoms with Crippen molar-refractivity contribution in [3.05, 3.63) is 70.6 Å². The lowest BCUT2D eigenvalue weighted by molar-refractivity contribution is -0.126. The molecule has 10 heteroatoms. The zero-order valence-electron chi connectivity index (χ0n) is 22.8. The molecular weight excluding hydrogens is 518 g/mol. The van der Waals surface area contributed by atoms with Gasteiger partial charge in [0.25, 0.3) is 0 Å². The highest BCUT2D eigenvalue weighted by atomic mass is 32.2. The number of methoxy groups -OCH3 is 1. The first-order valence-corrected chi connectivity index (χ1v) is 14.5. The highest BCUT2D eigenvalue weighted by Gasteiger charge is 2.35. The van der Waals surface area contributed by atoms with Crippen LogP contribution < -0.4 is 14.8 Å². The minimum atomic E-state index is -3.84. The molecule has 0 unspecified atom stereocenters. The second-order valence-corrected chi connectivity index (χ2v) is 11.4. The number of rotatable bonds is 10. The summed E-state index contributed by atoms with van der Waals surface area (Å²) in [5, 5.41) is 6.88. The smallest absolute Gasteiger partial charge is 0.248 e. The predicted octanol–water partition coefficient (Wildman–Crippen LogP) is 4.59. The van der Waals surface area contributed by atoms with Crippen LogP contribution in [0.4, 0.5) is 0 Å². The number of ether oxygens (including phenoxy) is 2. The number of piperidine rings is 1. The summed E-state index contributed by atoms with van der Waals surface area (Å²) in [5.41, 5.74) is 3.26. The number of benzene rings is 2. The van der Waals surface area contributed by atoms with Gasteiger partial charge in [-0.25, -0.2) is 8.42 Å². The molecule has 0 spiro atoms. The van der Waals surface area contributed by atoms with Crippen LogP contribution in [0, 0.1) is 19.8 Å². The number of amides is 1. The maximum Gasteiger partial charge on any atom is 0.248 e. The van der Waals surface area contributed by atoms with Crippen molar-refractivity contribution in [1.29, 1.82) is 0 Å². The molecule has 1 N–H and O–H groups in total. The van der Waals surface area contributed by atoms with Gasteiger partial charge in [-0.2, -0.15) is 4.31 Å². The Morgan fingerprint density at radius 2 is 1.82 bits per heavy atom. The Labute approximate surface area is 229 Å². The van der Waals surface area contributed by atoms with Gasteiger partial charge in [0.05, 0.1) is 13.7 Å². The zero-order chi connectivity index (χ0) is 28.0. The van der Waals surface area contributed by atoms with E-state index in [0.29, 0.717) is 43.2 Å². The van der Waals surface area contributed by atoms with Gasteiger partial charge in [0.15, 0.2) is 22.2 Å². The van der Waals surface area contributed by atoms with Gasteiger partial charge in [-0.3, -0.25) is 4.79 Å². The maximum absolute atomic E-state index is 13.5. The zero-order valence-corrected chi connectivity index (χ0v) is 23.6. The molecule has 0 radical (unpaired) electrons. The molecule has 0 atom stereocenters. The van der Waals surface area contributed by atoms with E-state index in [-0.39, 0.29) is 35.6 Å². The van der Waals surface area contributed by atoms with Gasteiger partial charge in [-0.15, -0.1) is 0 Å². The van der Waals surface area contributed by atoms with Crippen LogP contribution >= 0.6 is 0 Å². The molecule has 208 valence electrons. The number of nitrogens with zero attached hydrogens (tertiary/aromatic N) is 2. The third-order valence-corrected chi connectivity index (χ3v) is 8.81. The first-order chi connectivity index (χ1) is 18.7. The Morgan fingerprint density at radius 1 is 1.10 bits per heavy atom. The van der Waals surface area contributed by atoms with E-state index in [4.69, 9.17) is 14.0 Å². The van der Waals surface area contributed by atoms with Gasteiger partial charge in [-0.1, -0.05) is 47.1 Å². The summed E-state index contributed by atoms with van der Waals surface area (Å²) >= 11 is 0. The van der Waals surface area contributed by atoms with Gasteiger partial charge < -0.3 is 19.3 Å². The van der Waals surface area contributed by atoms with Crippen molar-refractivity contribution in [2.24, 2.45) is 5.92 Å². The van der Waals surface area contributed by atoms with Crippen molar-refractivity contribution in [3.63, 3.8) is 0 Å². The highest BCUT2D eigenvalue weighted by Crippen LogP contribution is 2.30. The molecule has 2 aromatic carbocycles. The van der Waals surface area contributed by atoms with Crippen LogP contribution in [0.25, 0.3) is 12.2 Å². The number of aromatic nitrogens is 1. The summed E-state index contributed by atoms with van der Waals surface area (Å²) in [6, 6.07) is 13.4. The van der Waals surface area contributed by atoms with E-state index in [9.17, 15) is 13.2 Å². The van der Waals surface area contributed by atoms with Crippen LogP contribution in [0.5, 0.6) is 11.5 Å². The van der Waals surface area contributed by atoms with E-state index in [1.807, 2.05) is 56.3 Å². The van der Waals surface area contributed by atoms with Crippen LogP contribution in [-0.4, -0.2) is 50.6 Å². The minimum Gasteiger partial charge on any atom is -0.493 e. The standard InChI is InChI=1S/C29H35N3O6S/c1-5-37-25-12-11-23(18-27(25)36-4)19-30-29(33)24-14-16-32(17-15-24)39(34,35)28-21(3)31-38-26(28)13-10-22-8-6-20(2)7-9-22/h6-13,18,24H,5,14-17,19H2,1-4H3,(H,30,33). The largest absolute Gasteiger partial charge is 0.493 e. The molecule has 0 saturated carbocycles. The number of aryl methyl sites for hydroxylation is 2. The summed E-state index contributed by atoms with van der Waals surface area (Å²) in [4.78, 5) is 12.9. The average molecular weight is 554 g/mol. The summed E-state index contributed by atoms with van der Waals surface area (Å²) in [7, 11) is -2.27. The van der Waals surface area contributed by atoms with E-state index in [1.165, 1.54) is 4.31 Å². The molecule has 9 nitrogen and oxygen atoms in total. The van der Waals surface area contributed by atoms with Gasteiger partial charge >= 0.3 is 0 Å². The Morgan fingerprint density at radius 3 is 2.49 bits per heavy atom. The van der Waals surface area contributed by atoms with Crippen LogP contribution in [0.1, 0.15) is 47.9 Å². The predicted molar refractivity (Wildman–Crippen MR) is 149 cm³/mol. The SMILES string of the molecule is CCOc1ccc(CNC(=O)C2CCN(S(=O)(=O)c3c(C)noc3C=Cc3ccc(C)cc3)CC2)cc1OC. The summed E-state index contributed by atoms with van der Waals surface area (Å²) in [6.07, 6.45) is 4.29. The van der Waals surface area contributed by atoms with Gasteiger partial charge in [0.2, 0.25) is 15.9 Å². The van der Waals surface area contributed by atoms with Crippen molar-refractivity contribution in [3.8, 4) is 11.5 Å². The van der Waals surface area contributed by atoms with Crippen molar-refractivity contribution in [1.82, 2.24) is 14.8 Å². The molecule has 0 aliphatic carbocycles. The van der Waals surface area contributed by atoms with E-state index < -0.39 is 10.0 Å². The molecule has 1 aliphatic heterocycles. The van der Waals surface area contributed by atoms with Crippen molar-refractivity contribution < 1.29 is 27.2 Å². The first kappa shape index (κ1) is 28.4. The molecule has 1 aliphatic rings. The summed E-state index contributed by atoms with van der Waals surface area (Å²) < 4.78 is 44.8. The third kappa shape index (κ3) is 6.69. The normalized spacial score (nSPS) is 15.0. The van der Waals surface area contributed by atoms with E-state index in [2.05, 4.69) is 10.5 Å². The summed E-state index contributed by atoms with van der Waals surface area (Å²) in [6.45, 7) is 6.88. The lowest BCUT2D eigenvalue weighted by atomic mass is 9.97. The van der Waals surface area contributed by atoms with E-state index in [1.54, 1.807) is 26.2 Å². The number of carbonyl (C=O) groups excluding carboxylic acids is 1. The monoisotopic (exact) mass is 553 g/mol. The molecule has 3 aromatic rings. The van der Waals surface area contributed by atoms with Crippen molar-refractivity contribution in [2.75, 3.05) is 26.8 Å². The fourth-order valence-corrected chi connectivity index (χ4v) is 6.29. The van der Waals surface area contributed by atoms with E-state index in [0.717, 1.165) is 16.7 Å². The second-order valence-electron chi connectivity index (χ2n) is 9.52. The van der Waals surface area contributed by atoms with Crippen molar-refractivity contribution in [2.45, 2.75) is 45.1 Å². The third-order valence-electron chi connectivity index (χ3n) is 6.76. The molecule has 1 fully saturated rings. The molecule has 4 rings (SSSR count). The quantitative estimate of drug-likeness (QED) is 0.391. The van der Waals surface area contributed by atoms with Crippen LogP contribution in [0.2, 0.25) is 0 Å². The van der Waals surface area contributed by atoms with Gasteiger partial charge in [0.1, 0.15) is 5.69 Å². The van der Waals surface area contributed by atoms with Crippen LogP contribution in [0.3, 0.4) is 0 Å². The average Bonchev–Trinajstić information content (AvgIpc) is 3.33. The van der Waals surface area contributed by atoms with Gasteiger partial charge in [-0.05, 0) is 62.9 Å². The molecular formula is C29H35N3O6S. The molecule has 2 heterocycles. The number of sulfonamides is 1. The Balaban J connectivity index is 1.37. The van der Waals surface area contributed by atoms with Gasteiger partial charge in [0, 0.05) is 25.6 Å². The highest BCUT2D eigenvalue weighted by molar-refractivity contribution is 7.89. The Bertz CT molecular complexity index is 1420. The molecule has 1 aromatic heterocycles. The van der Waals surface area contributed by atoms with Crippen molar-refractivity contribution >= 4 is 28.1 Å². The van der Waals surface area contributed by atoms with Crippen LogP contribution in [0.15, 0.2) is 51.9 Å². The number of hydrogen-bond acceptors (Lipinski definition) is 7. The van der Waals surface area contributed by atoms with E-state index >= 15 is 0 Å². The van der Waals surface area contributed by atoms with Crippen LogP contribution in [-0.2, 0) is 21.4 Å². The Hall–Kier alpha value is -3.63. The number of nitrogens with one attached hydrogen (secondary N) is 1. The Kier molecular flexibility index (Phi) is 9.08. The minimum absolute atomic E-state index is 0.0678. The molecule has 0 bridgehead atoms. The summed E-state index contributed by atoms with van der Waals surface area (Å²) in [5.74, 6) is 1.09. The molecule has 1 amide bonds.